The Hall–Kier alpha value is -1.91. The summed E-state index contributed by atoms with van der Waals surface area (Å²) in [7, 11) is 0. The van der Waals surface area contributed by atoms with E-state index in [4.69, 9.17) is 21.1 Å². The number of rotatable bonds is 5. The molecule has 0 amide bonds. The van der Waals surface area contributed by atoms with Gasteiger partial charge in [-0.1, -0.05) is 11.6 Å². The number of halogens is 1. The van der Waals surface area contributed by atoms with E-state index in [-0.39, 0.29) is 0 Å². The molecule has 0 saturated carbocycles. The minimum absolute atomic E-state index is 0.297. The fourth-order valence-electron chi connectivity index (χ4n) is 2.98. The summed E-state index contributed by atoms with van der Waals surface area (Å²) in [6.45, 7) is 5.53. The molecule has 0 radical (unpaired) electrons. The van der Waals surface area contributed by atoms with Crippen molar-refractivity contribution in [2.24, 2.45) is 0 Å². The third-order valence-electron chi connectivity index (χ3n) is 4.51. The van der Waals surface area contributed by atoms with Gasteiger partial charge >= 0.3 is 0 Å². The molecule has 2 fully saturated rings. The lowest BCUT2D eigenvalue weighted by atomic mass is 10.2. The van der Waals surface area contributed by atoms with Crippen molar-refractivity contribution < 1.29 is 9.47 Å². The van der Waals surface area contributed by atoms with Crippen molar-refractivity contribution in [3.8, 4) is 5.75 Å². The molecule has 1 unspecified atom stereocenters. The number of epoxide rings is 1. The molecule has 2 saturated heterocycles. The molecule has 5 heteroatoms. The van der Waals surface area contributed by atoms with Gasteiger partial charge in [0.25, 0.3) is 0 Å². The van der Waals surface area contributed by atoms with Gasteiger partial charge in [0.15, 0.2) is 0 Å². The Balaban J connectivity index is 1.32. The SMILES string of the molecule is Clc1ccc(N2CCN(c3ccc(OCC4CO4)cc3)CC2)cc1. The van der Waals surface area contributed by atoms with Crippen molar-refractivity contribution in [3.05, 3.63) is 53.6 Å². The van der Waals surface area contributed by atoms with Crippen molar-refractivity contribution in [1.82, 2.24) is 0 Å². The normalized spacial score (nSPS) is 20.1. The monoisotopic (exact) mass is 344 g/mol. The van der Waals surface area contributed by atoms with Crippen LogP contribution in [-0.4, -0.2) is 45.5 Å². The van der Waals surface area contributed by atoms with Gasteiger partial charge in [-0.15, -0.1) is 0 Å². The van der Waals surface area contributed by atoms with Gasteiger partial charge in [0.1, 0.15) is 18.5 Å². The zero-order valence-electron chi connectivity index (χ0n) is 13.5. The summed E-state index contributed by atoms with van der Waals surface area (Å²) in [5, 5.41) is 0.785. The predicted octanol–water partition coefficient (Wildman–Crippen LogP) is 3.44. The van der Waals surface area contributed by atoms with E-state index in [1.807, 2.05) is 24.3 Å². The number of piperazine rings is 1. The molecule has 0 aromatic heterocycles. The molecule has 0 N–H and O–H groups in total. The Morgan fingerprint density at radius 2 is 1.38 bits per heavy atom. The molecule has 24 heavy (non-hydrogen) atoms. The summed E-state index contributed by atoms with van der Waals surface area (Å²) >= 11 is 5.97. The van der Waals surface area contributed by atoms with Crippen molar-refractivity contribution in [2.45, 2.75) is 6.10 Å². The maximum Gasteiger partial charge on any atom is 0.119 e. The molecule has 126 valence electrons. The summed E-state index contributed by atoms with van der Waals surface area (Å²) in [5.74, 6) is 0.911. The van der Waals surface area contributed by atoms with Gasteiger partial charge in [-0.2, -0.15) is 0 Å². The Kier molecular flexibility index (Phi) is 4.50. The zero-order chi connectivity index (χ0) is 16.4. The van der Waals surface area contributed by atoms with Crippen molar-refractivity contribution in [2.75, 3.05) is 49.2 Å². The predicted molar refractivity (Wildman–Crippen MR) is 97.6 cm³/mol. The van der Waals surface area contributed by atoms with E-state index in [2.05, 4.69) is 34.1 Å². The van der Waals surface area contributed by atoms with Crippen LogP contribution in [0, 0.1) is 0 Å². The number of anilines is 2. The van der Waals surface area contributed by atoms with Crippen LogP contribution >= 0.6 is 11.6 Å². The van der Waals surface area contributed by atoms with E-state index in [1.165, 1.54) is 11.4 Å². The van der Waals surface area contributed by atoms with E-state index in [0.29, 0.717) is 12.7 Å². The highest BCUT2D eigenvalue weighted by atomic mass is 35.5. The molecule has 2 aliphatic rings. The van der Waals surface area contributed by atoms with Crippen LogP contribution in [0.2, 0.25) is 5.02 Å². The lowest BCUT2D eigenvalue weighted by Gasteiger charge is -2.37. The first-order valence-electron chi connectivity index (χ1n) is 8.38. The Morgan fingerprint density at radius 1 is 0.875 bits per heavy atom. The third-order valence-corrected chi connectivity index (χ3v) is 4.76. The highest BCUT2D eigenvalue weighted by Gasteiger charge is 2.23. The number of hydrogen-bond acceptors (Lipinski definition) is 4. The van der Waals surface area contributed by atoms with E-state index in [0.717, 1.165) is 43.6 Å². The molecule has 2 aromatic carbocycles. The number of hydrogen-bond donors (Lipinski definition) is 0. The van der Waals surface area contributed by atoms with Gasteiger partial charge in [-0.25, -0.2) is 0 Å². The summed E-state index contributed by atoms with van der Waals surface area (Å²) in [6, 6.07) is 16.5. The van der Waals surface area contributed by atoms with Gasteiger partial charge < -0.3 is 19.3 Å². The molecule has 0 spiro atoms. The van der Waals surface area contributed by atoms with E-state index >= 15 is 0 Å². The van der Waals surface area contributed by atoms with E-state index < -0.39 is 0 Å². The van der Waals surface area contributed by atoms with Gasteiger partial charge in [0.05, 0.1) is 6.61 Å². The van der Waals surface area contributed by atoms with Gasteiger partial charge in [0, 0.05) is 42.6 Å². The molecule has 0 bridgehead atoms. The first kappa shape index (κ1) is 15.6. The average molecular weight is 345 g/mol. The standard InChI is InChI=1S/C19H21ClN2O2/c20-15-1-3-16(4-2-15)21-9-11-22(12-10-21)17-5-7-18(8-6-17)23-13-19-14-24-19/h1-8,19H,9-14H2. The smallest absolute Gasteiger partial charge is 0.119 e. The first-order valence-corrected chi connectivity index (χ1v) is 8.76. The van der Waals surface area contributed by atoms with Crippen LogP contribution in [-0.2, 0) is 4.74 Å². The highest BCUT2D eigenvalue weighted by molar-refractivity contribution is 6.30. The second kappa shape index (κ2) is 6.91. The van der Waals surface area contributed by atoms with Crippen molar-refractivity contribution >= 4 is 23.0 Å². The van der Waals surface area contributed by atoms with Crippen LogP contribution in [0.25, 0.3) is 0 Å². The van der Waals surface area contributed by atoms with Crippen LogP contribution in [0.5, 0.6) is 5.75 Å². The molecular weight excluding hydrogens is 324 g/mol. The third kappa shape index (κ3) is 3.77. The second-order valence-corrected chi connectivity index (χ2v) is 6.65. The van der Waals surface area contributed by atoms with Gasteiger partial charge in [-0.05, 0) is 48.5 Å². The summed E-state index contributed by atoms with van der Waals surface area (Å²) in [6.07, 6.45) is 0.297. The topological polar surface area (TPSA) is 28.2 Å². The summed E-state index contributed by atoms with van der Waals surface area (Å²) in [5.41, 5.74) is 2.49. The van der Waals surface area contributed by atoms with Crippen molar-refractivity contribution in [1.29, 1.82) is 0 Å². The fourth-order valence-corrected chi connectivity index (χ4v) is 3.11. The molecule has 4 nitrogen and oxygen atoms in total. The lowest BCUT2D eigenvalue weighted by Crippen LogP contribution is -2.46. The maximum atomic E-state index is 5.97. The molecule has 4 rings (SSSR count). The highest BCUT2D eigenvalue weighted by Crippen LogP contribution is 2.24. The largest absolute Gasteiger partial charge is 0.491 e. The molecular formula is C19H21ClN2O2. The second-order valence-electron chi connectivity index (χ2n) is 6.21. The first-order chi connectivity index (χ1) is 11.8. The fraction of sp³-hybridized carbons (Fsp3) is 0.368. The quantitative estimate of drug-likeness (QED) is 0.777. The van der Waals surface area contributed by atoms with Crippen molar-refractivity contribution in [3.63, 3.8) is 0 Å². The number of nitrogens with zero attached hydrogens (tertiary/aromatic N) is 2. The van der Waals surface area contributed by atoms with Crippen LogP contribution < -0.4 is 14.5 Å². The maximum absolute atomic E-state index is 5.97. The van der Waals surface area contributed by atoms with Crippen LogP contribution in [0.4, 0.5) is 11.4 Å². The van der Waals surface area contributed by atoms with Crippen LogP contribution in [0.15, 0.2) is 48.5 Å². The zero-order valence-corrected chi connectivity index (χ0v) is 14.3. The Morgan fingerprint density at radius 3 is 1.88 bits per heavy atom. The Labute approximate surface area is 147 Å². The number of benzene rings is 2. The molecule has 1 atom stereocenters. The minimum Gasteiger partial charge on any atom is -0.491 e. The molecule has 2 aliphatic heterocycles. The van der Waals surface area contributed by atoms with Crippen LogP contribution in [0.1, 0.15) is 0 Å². The van der Waals surface area contributed by atoms with E-state index in [1.54, 1.807) is 0 Å². The minimum atomic E-state index is 0.297. The van der Waals surface area contributed by atoms with Gasteiger partial charge in [-0.3, -0.25) is 0 Å². The summed E-state index contributed by atoms with van der Waals surface area (Å²) in [4.78, 5) is 4.82. The average Bonchev–Trinajstić information content (AvgIpc) is 3.46. The number of ether oxygens (including phenoxy) is 2. The van der Waals surface area contributed by atoms with E-state index in [9.17, 15) is 0 Å². The molecule has 0 aliphatic carbocycles. The van der Waals surface area contributed by atoms with Gasteiger partial charge in [0.2, 0.25) is 0 Å². The Bertz CT molecular complexity index is 663. The summed E-state index contributed by atoms with van der Waals surface area (Å²) < 4.78 is 10.9. The molecule has 2 aromatic rings. The lowest BCUT2D eigenvalue weighted by molar-refractivity contribution is 0.263. The molecule has 2 heterocycles. The van der Waals surface area contributed by atoms with Crippen LogP contribution in [0.3, 0.4) is 0 Å².